The first-order chi connectivity index (χ1) is 21.4. The predicted molar refractivity (Wildman–Crippen MR) is 184 cm³/mol. The summed E-state index contributed by atoms with van der Waals surface area (Å²) in [5, 5.41) is 3.93. The quantitative estimate of drug-likeness (QED) is 0.111. The van der Waals surface area contributed by atoms with Crippen LogP contribution in [0, 0.1) is 0 Å². The fraction of sp³-hybridized carbons (Fsp3) is 0.161. The molecule has 0 bridgehead atoms. The number of ether oxygens (including phenoxy) is 1. The van der Waals surface area contributed by atoms with Gasteiger partial charge in [0.05, 0.1) is 35.6 Å². The summed E-state index contributed by atoms with van der Waals surface area (Å²) >= 11 is 2.26. The van der Waals surface area contributed by atoms with Crippen molar-refractivity contribution in [2.45, 2.75) is 26.3 Å². The monoisotopic (exact) mass is 720 g/mol. The summed E-state index contributed by atoms with van der Waals surface area (Å²) in [6.45, 7) is 2.58. The molecule has 6 rings (SSSR count). The summed E-state index contributed by atoms with van der Waals surface area (Å²) < 4.78 is 8.39. The Bertz CT molecular complexity index is 1960. The maximum absolute atomic E-state index is 13.6. The van der Waals surface area contributed by atoms with E-state index in [2.05, 4.69) is 49.2 Å². The number of para-hydroxylation sites is 1. The number of carbonyl (C=O) groups is 1. The van der Waals surface area contributed by atoms with Crippen LogP contribution in [0.3, 0.4) is 0 Å². The third-order valence-electron chi connectivity index (χ3n) is 6.77. The summed E-state index contributed by atoms with van der Waals surface area (Å²) in [7, 11) is 1.36. The maximum atomic E-state index is 13.6. The van der Waals surface area contributed by atoms with Crippen molar-refractivity contribution < 1.29 is 9.53 Å². The molecule has 224 valence electrons. The lowest BCUT2D eigenvalue weighted by molar-refractivity contribution is 0.0600. The van der Waals surface area contributed by atoms with Gasteiger partial charge in [0.2, 0.25) is 0 Å². The van der Waals surface area contributed by atoms with E-state index in [-0.39, 0.29) is 11.5 Å². The molecule has 3 N–H and O–H groups in total. The van der Waals surface area contributed by atoms with Crippen molar-refractivity contribution >= 4 is 68.0 Å². The van der Waals surface area contributed by atoms with Crippen molar-refractivity contribution in [3.8, 4) is 5.69 Å². The molecule has 3 aromatic carbocycles. The van der Waals surface area contributed by atoms with Crippen LogP contribution in [0.2, 0.25) is 0 Å². The Hall–Kier alpha value is -4.42. The fourth-order valence-electron chi connectivity index (χ4n) is 4.65. The first kappa shape index (κ1) is 31.0. The van der Waals surface area contributed by atoms with Crippen molar-refractivity contribution in [3.05, 3.63) is 113 Å². The van der Waals surface area contributed by atoms with Gasteiger partial charge in [-0.2, -0.15) is 0 Å². The highest BCUT2D eigenvalue weighted by molar-refractivity contribution is 14.2. The zero-order valence-corrected chi connectivity index (χ0v) is 27.2. The van der Waals surface area contributed by atoms with Gasteiger partial charge >= 0.3 is 5.97 Å². The number of esters is 1. The van der Waals surface area contributed by atoms with E-state index < -0.39 is 0 Å². The number of methoxy groups -OCH3 is 1. The molecule has 0 amide bonds. The normalized spacial score (nSPS) is 11.1. The number of fused-ring (bicyclic) bond motifs is 2. The first-order valence-corrected chi connectivity index (χ1v) is 17.8. The van der Waals surface area contributed by atoms with E-state index in [4.69, 9.17) is 15.5 Å². The third kappa shape index (κ3) is 6.71. The van der Waals surface area contributed by atoms with Gasteiger partial charge in [-0.15, -0.1) is 0 Å². The van der Waals surface area contributed by atoms with Crippen molar-refractivity contribution in [2.75, 3.05) is 18.2 Å². The van der Waals surface area contributed by atoms with E-state index in [1.807, 2.05) is 65.0 Å². The molecule has 0 saturated heterocycles. The van der Waals surface area contributed by atoms with Gasteiger partial charge in [0.1, 0.15) is 18.5 Å². The van der Waals surface area contributed by atoms with Gasteiger partial charge in [-0.3, -0.25) is 13.7 Å². The highest BCUT2D eigenvalue weighted by Gasteiger charge is 2.15. The van der Waals surface area contributed by atoms with E-state index in [1.165, 1.54) is 13.4 Å². The number of aromatic nitrogens is 6. The lowest BCUT2D eigenvalue weighted by Crippen LogP contribution is -2.24. The Balaban J connectivity index is 0.000000266. The molecule has 0 aliphatic carbocycles. The molecule has 3 aromatic heterocycles. The van der Waals surface area contributed by atoms with Crippen LogP contribution in [-0.2, 0) is 17.7 Å². The smallest absolute Gasteiger partial charge is 0.337 e. The zero-order valence-electron chi connectivity index (χ0n) is 24.1. The number of nitrogens with zero attached hydrogens (tertiary/aromatic N) is 6. The van der Waals surface area contributed by atoms with Gasteiger partial charge in [0, 0.05) is 18.7 Å². The first-order valence-electron chi connectivity index (χ1n) is 13.8. The van der Waals surface area contributed by atoms with E-state index in [0.29, 0.717) is 47.1 Å². The maximum Gasteiger partial charge on any atom is 0.337 e. The van der Waals surface area contributed by atoms with Crippen molar-refractivity contribution in [3.63, 3.8) is 0 Å². The van der Waals surface area contributed by atoms with E-state index in [1.54, 1.807) is 23.0 Å². The summed E-state index contributed by atoms with van der Waals surface area (Å²) in [5.74, 6) is 0.828. The zero-order chi connectivity index (χ0) is 31.1. The molecule has 6 aromatic rings. The standard InChI is InChI=1S/C26H25N3O3.C5H5IN5P/c1-3-8-23-28-22-12-7-11-21(24(22)25(30)29(23)20-9-5-4-6-10-20)27-17-18-13-15-19(16-14-18)26(31)32-2;6-12-11-2-10-3-4(7)8-1-9-5(3)11/h4-7,9-16,27H,3,8,17H2,1-2H3;1-2,12H,(H2,7,8,9). The van der Waals surface area contributed by atoms with Gasteiger partial charge < -0.3 is 15.8 Å². The van der Waals surface area contributed by atoms with Crippen molar-refractivity contribution in [1.82, 2.24) is 28.8 Å². The lowest BCUT2D eigenvalue weighted by atomic mass is 10.1. The molecule has 0 aliphatic rings. The second-order valence-electron chi connectivity index (χ2n) is 9.63. The predicted octanol–water partition coefficient (Wildman–Crippen LogP) is 5.94. The molecule has 0 spiro atoms. The summed E-state index contributed by atoms with van der Waals surface area (Å²) in [4.78, 5) is 42.1. The molecule has 0 radical (unpaired) electrons. The summed E-state index contributed by atoms with van der Waals surface area (Å²) in [6.07, 6.45) is 5.36. The average molecular weight is 721 g/mol. The number of imidazole rings is 1. The number of nitrogens with one attached hydrogen (secondary N) is 1. The lowest BCUT2D eigenvalue weighted by Gasteiger charge is -2.15. The molecule has 0 aliphatic heterocycles. The van der Waals surface area contributed by atoms with Crippen LogP contribution in [-0.4, -0.2) is 41.9 Å². The van der Waals surface area contributed by atoms with Gasteiger partial charge in [0.25, 0.3) is 5.56 Å². The number of carbonyl (C=O) groups excluding carboxylic acids is 1. The second-order valence-corrected chi connectivity index (χ2v) is 11.7. The number of anilines is 2. The summed E-state index contributed by atoms with van der Waals surface area (Å²) in [6, 6.07) is 22.5. The molecule has 0 fully saturated rings. The second kappa shape index (κ2) is 14.4. The molecule has 1 atom stereocenters. The number of rotatable bonds is 8. The molecular formula is C31H30IN8O3P. The number of hydrogen-bond donors (Lipinski definition) is 2. The van der Waals surface area contributed by atoms with Gasteiger partial charge in [-0.05, 0) is 70.4 Å². The third-order valence-corrected chi connectivity index (χ3v) is 8.83. The van der Waals surface area contributed by atoms with Crippen LogP contribution < -0.4 is 16.6 Å². The van der Waals surface area contributed by atoms with Gasteiger partial charge in [0.15, 0.2) is 17.0 Å². The highest BCUT2D eigenvalue weighted by atomic mass is 127. The minimum absolute atomic E-state index is 0.0891. The molecular weight excluding hydrogens is 690 g/mol. The Labute approximate surface area is 268 Å². The molecule has 11 nitrogen and oxygen atoms in total. The minimum Gasteiger partial charge on any atom is -0.465 e. The van der Waals surface area contributed by atoms with Crippen LogP contribution in [0.5, 0.6) is 0 Å². The van der Waals surface area contributed by atoms with E-state index >= 15 is 0 Å². The van der Waals surface area contributed by atoms with Crippen LogP contribution in [0.25, 0.3) is 27.8 Å². The van der Waals surface area contributed by atoms with Crippen LogP contribution >= 0.6 is 28.4 Å². The van der Waals surface area contributed by atoms with E-state index in [9.17, 15) is 9.59 Å². The number of nitrogen functional groups attached to an aromatic ring is 1. The molecule has 0 saturated carbocycles. The molecule has 1 unspecified atom stereocenters. The van der Waals surface area contributed by atoms with Crippen LogP contribution in [0.15, 0.2) is 90.2 Å². The Kier molecular flexibility index (Phi) is 10.1. The number of hydrogen-bond acceptors (Lipinski definition) is 9. The molecule has 3 heterocycles. The van der Waals surface area contributed by atoms with Gasteiger partial charge in [-0.1, -0.05) is 43.3 Å². The Morgan fingerprint density at radius 2 is 1.80 bits per heavy atom. The largest absolute Gasteiger partial charge is 0.465 e. The average Bonchev–Trinajstić information content (AvgIpc) is 3.49. The molecule has 44 heavy (non-hydrogen) atoms. The summed E-state index contributed by atoms with van der Waals surface area (Å²) in [5.41, 5.74) is 10.7. The highest BCUT2D eigenvalue weighted by Crippen LogP contribution is 2.28. The SMILES string of the molecule is CCCc1nc2cccc(NCc3ccc(C(=O)OC)cc3)c2c(=O)n1-c1ccccc1.Nc1ncnc2c1ncn2PI. The molecule has 13 heteroatoms. The Morgan fingerprint density at radius 3 is 2.50 bits per heavy atom. The minimum atomic E-state index is -0.367. The number of halogens is 1. The topological polar surface area (TPSA) is 143 Å². The fourth-order valence-corrected chi connectivity index (χ4v) is 6.05. The van der Waals surface area contributed by atoms with Crippen LogP contribution in [0.4, 0.5) is 11.5 Å². The van der Waals surface area contributed by atoms with Crippen molar-refractivity contribution in [1.29, 1.82) is 0 Å². The number of benzene rings is 3. The number of nitrogens with two attached hydrogens (primary N) is 1. The van der Waals surface area contributed by atoms with Crippen LogP contribution in [0.1, 0.15) is 35.1 Å². The Morgan fingerprint density at radius 1 is 1.02 bits per heavy atom. The van der Waals surface area contributed by atoms with E-state index in [0.717, 1.165) is 34.8 Å². The van der Waals surface area contributed by atoms with Crippen molar-refractivity contribution in [2.24, 2.45) is 0 Å². The van der Waals surface area contributed by atoms with Gasteiger partial charge in [-0.25, -0.2) is 24.7 Å². The number of aryl methyl sites for hydroxylation is 1.